The van der Waals surface area contributed by atoms with Crippen molar-refractivity contribution in [2.24, 2.45) is 5.92 Å². The topological polar surface area (TPSA) is 66.5 Å². The van der Waals surface area contributed by atoms with Crippen LogP contribution in [0.15, 0.2) is 53.4 Å². The molecule has 1 fully saturated rings. The van der Waals surface area contributed by atoms with E-state index >= 15 is 0 Å². The van der Waals surface area contributed by atoms with Crippen LogP contribution in [0.25, 0.3) is 0 Å². The number of hydrogen-bond acceptors (Lipinski definition) is 3. The molecular formula is C21H25FN2O3S. The van der Waals surface area contributed by atoms with E-state index in [0.29, 0.717) is 12.8 Å². The predicted molar refractivity (Wildman–Crippen MR) is 107 cm³/mol. The highest BCUT2D eigenvalue weighted by Gasteiger charge is 2.33. The molecule has 1 N–H and O–H groups in total. The lowest BCUT2D eigenvalue weighted by Gasteiger charge is -2.30. The normalized spacial score (nSPS) is 16.3. The fourth-order valence-electron chi connectivity index (χ4n) is 3.50. The highest BCUT2D eigenvalue weighted by atomic mass is 32.2. The second-order valence-corrected chi connectivity index (χ2v) is 9.25. The Kier molecular flexibility index (Phi) is 6.15. The van der Waals surface area contributed by atoms with Crippen LogP contribution < -0.4 is 5.32 Å². The lowest BCUT2D eigenvalue weighted by molar-refractivity contribution is -0.120. The van der Waals surface area contributed by atoms with E-state index in [9.17, 15) is 17.6 Å². The van der Waals surface area contributed by atoms with Gasteiger partial charge < -0.3 is 5.32 Å². The number of nitrogens with zero attached hydrogens (tertiary/aromatic N) is 1. The molecule has 1 aliphatic rings. The van der Waals surface area contributed by atoms with Gasteiger partial charge in [-0.15, -0.1) is 0 Å². The largest absolute Gasteiger partial charge is 0.326 e. The van der Waals surface area contributed by atoms with E-state index in [-0.39, 0.29) is 35.7 Å². The van der Waals surface area contributed by atoms with Crippen molar-refractivity contribution in [1.29, 1.82) is 0 Å². The minimum Gasteiger partial charge on any atom is -0.326 e. The van der Waals surface area contributed by atoms with Crippen molar-refractivity contribution in [2.45, 2.75) is 37.5 Å². The number of para-hydroxylation sites is 1. The number of anilines is 1. The zero-order chi connectivity index (χ0) is 20.3. The molecule has 150 valence electrons. The number of nitrogens with one attached hydrogen (secondary N) is 1. The van der Waals surface area contributed by atoms with Gasteiger partial charge in [0.2, 0.25) is 15.9 Å². The van der Waals surface area contributed by atoms with Crippen molar-refractivity contribution < 1.29 is 17.6 Å². The molecule has 5 nitrogen and oxygen atoms in total. The van der Waals surface area contributed by atoms with Crippen molar-refractivity contribution in [3.8, 4) is 0 Å². The molecule has 0 spiro atoms. The molecule has 1 saturated heterocycles. The molecule has 2 aromatic rings. The van der Waals surface area contributed by atoms with Crippen LogP contribution >= 0.6 is 0 Å². The number of benzene rings is 2. The van der Waals surface area contributed by atoms with E-state index in [1.165, 1.54) is 22.5 Å². The van der Waals surface area contributed by atoms with Gasteiger partial charge in [-0.25, -0.2) is 12.8 Å². The SMILES string of the molecule is CC(C)c1ccccc1NC(=O)C1CCN(S(=O)(=O)c2ccccc2F)CC1. The summed E-state index contributed by atoms with van der Waals surface area (Å²) in [6.07, 6.45) is 0.812. The summed E-state index contributed by atoms with van der Waals surface area (Å²) >= 11 is 0. The predicted octanol–water partition coefficient (Wildman–Crippen LogP) is 3.99. The zero-order valence-corrected chi connectivity index (χ0v) is 16.9. The van der Waals surface area contributed by atoms with E-state index in [4.69, 9.17) is 0 Å². The zero-order valence-electron chi connectivity index (χ0n) is 16.1. The number of hydrogen-bond donors (Lipinski definition) is 1. The first kappa shape index (κ1) is 20.5. The fourth-order valence-corrected chi connectivity index (χ4v) is 5.04. The number of sulfonamides is 1. The van der Waals surface area contributed by atoms with Crippen molar-refractivity contribution in [3.05, 3.63) is 59.9 Å². The van der Waals surface area contributed by atoms with Crippen LogP contribution in [0.4, 0.5) is 10.1 Å². The third-order valence-electron chi connectivity index (χ3n) is 5.12. The van der Waals surface area contributed by atoms with Crippen LogP contribution in [-0.4, -0.2) is 31.7 Å². The van der Waals surface area contributed by atoms with Gasteiger partial charge in [-0.3, -0.25) is 4.79 Å². The van der Waals surface area contributed by atoms with Gasteiger partial charge in [0.25, 0.3) is 0 Å². The molecule has 7 heteroatoms. The summed E-state index contributed by atoms with van der Waals surface area (Å²) in [5.74, 6) is -0.847. The Hall–Kier alpha value is -2.25. The Morgan fingerprint density at radius 3 is 2.32 bits per heavy atom. The second-order valence-electron chi connectivity index (χ2n) is 7.34. The molecular weight excluding hydrogens is 379 g/mol. The molecule has 0 unspecified atom stereocenters. The summed E-state index contributed by atoms with van der Waals surface area (Å²) in [5.41, 5.74) is 1.86. The monoisotopic (exact) mass is 404 g/mol. The maximum atomic E-state index is 13.9. The Labute approximate surface area is 165 Å². The lowest BCUT2D eigenvalue weighted by Crippen LogP contribution is -2.41. The fraction of sp³-hybridized carbons (Fsp3) is 0.381. The quantitative estimate of drug-likeness (QED) is 0.819. The smallest absolute Gasteiger partial charge is 0.245 e. The van der Waals surface area contributed by atoms with Gasteiger partial charge >= 0.3 is 0 Å². The summed E-state index contributed by atoms with van der Waals surface area (Å²) in [6.45, 7) is 4.52. The third kappa shape index (κ3) is 4.25. The lowest BCUT2D eigenvalue weighted by atomic mass is 9.96. The summed E-state index contributed by atoms with van der Waals surface area (Å²) in [6, 6.07) is 13.1. The first-order chi connectivity index (χ1) is 13.3. The number of halogens is 1. The van der Waals surface area contributed by atoms with Gasteiger partial charge in [0, 0.05) is 24.7 Å². The standard InChI is InChI=1S/C21H25FN2O3S/c1-15(2)17-7-3-5-9-19(17)23-21(25)16-11-13-24(14-12-16)28(26,27)20-10-6-4-8-18(20)22/h3-10,15-16H,11-14H2,1-2H3,(H,23,25). The van der Waals surface area contributed by atoms with Gasteiger partial charge in [-0.1, -0.05) is 44.2 Å². The van der Waals surface area contributed by atoms with Crippen molar-refractivity contribution in [3.63, 3.8) is 0 Å². The first-order valence-corrected chi connectivity index (χ1v) is 10.9. The van der Waals surface area contributed by atoms with Crippen LogP contribution in [0.1, 0.15) is 38.2 Å². The maximum Gasteiger partial charge on any atom is 0.245 e. The summed E-state index contributed by atoms with van der Waals surface area (Å²) < 4.78 is 40.5. The number of carbonyl (C=O) groups is 1. The van der Waals surface area contributed by atoms with Crippen molar-refractivity contribution >= 4 is 21.6 Å². The molecule has 3 rings (SSSR count). The van der Waals surface area contributed by atoms with Crippen LogP contribution in [-0.2, 0) is 14.8 Å². The molecule has 0 atom stereocenters. The molecule has 1 aliphatic heterocycles. The van der Waals surface area contributed by atoms with Crippen molar-refractivity contribution in [2.75, 3.05) is 18.4 Å². The Morgan fingerprint density at radius 1 is 1.07 bits per heavy atom. The number of rotatable bonds is 5. The first-order valence-electron chi connectivity index (χ1n) is 9.45. The summed E-state index contributed by atoms with van der Waals surface area (Å²) in [4.78, 5) is 12.4. The molecule has 1 amide bonds. The van der Waals surface area contributed by atoms with Gasteiger partial charge in [-0.05, 0) is 42.5 Å². The van der Waals surface area contributed by atoms with E-state index in [0.717, 1.165) is 17.3 Å². The third-order valence-corrected chi connectivity index (χ3v) is 7.05. The van der Waals surface area contributed by atoms with Crippen LogP contribution in [0, 0.1) is 11.7 Å². The second kappa shape index (κ2) is 8.41. The van der Waals surface area contributed by atoms with E-state index in [1.807, 2.05) is 24.3 Å². The Bertz CT molecular complexity index is 952. The van der Waals surface area contributed by atoms with E-state index < -0.39 is 15.8 Å². The van der Waals surface area contributed by atoms with Crippen LogP contribution in [0.5, 0.6) is 0 Å². The maximum absolute atomic E-state index is 13.9. The number of piperidine rings is 1. The minimum atomic E-state index is -3.89. The van der Waals surface area contributed by atoms with Gasteiger partial charge in [-0.2, -0.15) is 4.31 Å². The molecule has 28 heavy (non-hydrogen) atoms. The average Bonchev–Trinajstić information content (AvgIpc) is 2.68. The van der Waals surface area contributed by atoms with E-state index in [1.54, 1.807) is 0 Å². The molecule has 0 saturated carbocycles. The Balaban J connectivity index is 1.66. The number of amides is 1. The molecule has 0 aromatic heterocycles. The molecule has 2 aromatic carbocycles. The number of carbonyl (C=O) groups excluding carboxylic acids is 1. The minimum absolute atomic E-state index is 0.101. The molecule has 0 aliphatic carbocycles. The average molecular weight is 405 g/mol. The van der Waals surface area contributed by atoms with Gasteiger partial charge in [0.1, 0.15) is 10.7 Å². The van der Waals surface area contributed by atoms with Gasteiger partial charge in [0.15, 0.2) is 0 Å². The van der Waals surface area contributed by atoms with Crippen LogP contribution in [0.3, 0.4) is 0 Å². The van der Waals surface area contributed by atoms with Gasteiger partial charge in [0.05, 0.1) is 0 Å². The molecule has 0 bridgehead atoms. The Morgan fingerprint density at radius 2 is 1.68 bits per heavy atom. The molecule has 1 heterocycles. The molecule has 0 radical (unpaired) electrons. The highest BCUT2D eigenvalue weighted by molar-refractivity contribution is 7.89. The van der Waals surface area contributed by atoms with E-state index in [2.05, 4.69) is 19.2 Å². The summed E-state index contributed by atoms with van der Waals surface area (Å²) in [7, 11) is -3.89. The van der Waals surface area contributed by atoms with Crippen molar-refractivity contribution in [1.82, 2.24) is 4.31 Å². The highest BCUT2D eigenvalue weighted by Crippen LogP contribution is 2.28. The van der Waals surface area contributed by atoms with Crippen LogP contribution in [0.2, 0.25) is 0 Å². The summed E-state index contributed by atoms with van der Waals surface area (Å²) in [5, 5.41) is 2.99.